The van der Waals surface area contributed by atoms with Gasteiger partial charge in [-0.3, -0.25) is 0 Å². The molecule has 0 saturated carbocycles. The van der Waals surface area contributed by atoms with Gasteiger partial charge in [-0.25, -0.2) is 9.37 Å². The number of aromatic nitrogens is 2. The lowest BCUT2D eigenvalue weighted by atomic mass is 10.3. The van der Waals surface area contributed by atoms with Gasteiger partial charge in [0.25, 0.3) is 0 Å². The van der Waals surface area contributed by atoms with E-state index in [0.717, 1.165) is 0 Å². The van der Waals surface area contributed by atoms with Gasteiger partial charge in [0.15, 0.2) is 0 Å². The molecule has 0 aliphatic rings. The number of benzene rings is 1. The fraction of sp³-hybridized carbons (Fsp3) is 0.0909. The maximum absolute atomic E-state index is 12.9. The second-order valence-corrected chi connectivity index (χ2v) is 3.92. The number of ether oxygens (including phenoxy) is 2. The van der Waals surface area contributed by atoms with Crippen molar-refractivity contribution >= 4 is 15.9 Å². The summed E-state index contributed by atoms with van der Waals surface area (Å²) in [6.07, 6.45) is 1.50. The van der Waals surface area contributed by atoms with Gasteiger partial charge < -0.3 is 9.47 Å². The van der Waals surface area contributed by atoms with Crippen LogP contribution in [-0.4, -0.2) is 17.1 Å². The Hall–Kier alpha value is -1.69. The fourth-order valence-corrected chi connectivity index (χ4v) is 1.52. The molecule has 6 heteroatoms. The van der Waals surface area contributed by atoms with Gasteiger partial charge in [-0.1, -0.05) is 6.07 Å². The third kappa shape index (κ3) is 2.91. The Morgan fingerprint density at radius 1 is 1.35 bits per heavy atom. The number of halogens is 2. The van der Waals surface area contributed by atoms with Gasteiger partial charge in [-0.05, 0) is 28.1 Å². The molecule has 0 unspecified atom stereocenters. The standard InChI is InChI=1S/C11H8BrFN2O2/c1-16-10-9(12)6-14-11(15-10)17-8-4-2-3-7(13)5-8/h2-6H,1H3. The minimum Gasteiger partial charge on any atom is -0.480 e. The Bertz CT molecular complexity index is 537. The molecule has 0 aliphatic heterocycles. The SMILES string of the molecule is COc1nc(Oc2cccc(F)c2)ncc1Br. The zero-order valence-electron chi connectivity index (χ0n) is 8.85. The fourth-order valence-electron chi connectivity index (χ4n) is 1.16. The second kappa shape index (κ2) is 5.09. The van der Waals surface area contributed by atoms with Gasteiger partial charge in [0, 0.05) is 6.07 Å². The third-order valence-corrected chi connectivity index (χ3v) is 2.43. The molecule has 0 N–H and O–H groups in total. The predicted octanol–water partition coefficient (Wildman–Crippen LogP) is 3.18. The van der Waals surface area contributed by atoms with Crippen molar-refractivity contribution in [2.24, 2.45) is 0 Å². The van der Waals surface area contributed by atoms with Crippen LogP contribution in [0.3, 0.4) is 0 Å². The highest BCUT2D eigenvalue weighted by atomic mass is 79.9. The molecule has 0 amide bonds. The van der Waals surface area contributed by atoms with E-state index in [1.807, 2.05) is 0 Å². The number of methoxy groups -OCH3 is 1. The molecule has 0 fully saturated rings. The monoisotopic (exact) mass is 298 g/mol. The van der Waals surface area contributed by atoms with Crippen LogP contribution < -0.4 is 9.47 Å². The Morgan fingerprint density at radius 3 is 2.88 bits per heavy atom. The molecule has 0 atom stereocenters. The molecule has 0 radical (unpaired) electrons. The van der Waals surface area contributed by atoms with E-state index in [-0.39, 0.29) is 11.8 Å². The van der Waals surface area contributed by atoms with Crippen molar-refractivity contribution in [3.05, 3.63) is 40.8 Å². The molecule has 2 rings (SSSR count). The summed E-state index contributed by atoms with van der Waals surface area (Å²) in [7, 11) is 1.49. The van der Waals surface area contributed by atoms with Crippen molar-refractivity contribution in [2.75, 3.05) is 7.11 Å². The second-order valence-electron chi connectivity index (χ2n) is 3.07. The van der Waals surface area contributed by atoms with Crippen LogP contribution in [0.25, 0.3) is 0 Å². The van der Waals surface area contributed by atoms with Gasteiger partial charge in [0.1, 0.15) is 11.6 Å². The van der Waals surface area contributed by atoms with Crippen molar-refractivity contribution in [3.63, 3.8) is 0 Å². The van der Waals surface area contributed by atoms with E-state index in [4.69, 9.17) is 9.47 Å². The first-order valence-electron chi connectivity index (χ1n) is 4.69. The molecule has 2 aromatic rings. The van der Waals surface area contributed by atoms with Crippen LogP contribution in [-0.2, 0) is 0 Å². The molecule has 1 aromatic carbocycles. The Morgan fingerprint density at radius 2 is 2.18 bits per heavy atom. The maximum atomic E-state index is 12.9. The quantitative estimate of drug-likeness (QED) is 0.873. The Balaban J connectivity index is 2.24. The van der Waals surface area contributed by atoms with Crippen molar-refractivity contribution in [1.82, 2.24) is 9.97 Å². The van der Waals surface area contributed by atoms with Crippen molar-refractivity contribution < 1.29 is 13.9 Å². The zero-order chi connectivity index (χ0) is 12.3. The van der Waals surface area contributed by atoms with Crippen LogP contribution >= 0.6 is 15.9 Å². The van der Waals surface area contributed by atoms with E-state index in [0.29, 0.717) is 16.1 Å². The highest BCUT2D eigenvalue weighted by molar-refractivity contribution is 9.10. The molecule has 0 spiro atoms. The minimum atomic E-state index is -0.383. The average Bonchev–Trinajstić information content (AvgIpc) is 2.32. The molecule has 1 heterocycles. The summed E-state index contributed by atoms with van der Waals surface area (Å²) in [5.74, 6) is 0.298. The molecule has 88 valence electrons. The van der Waals surface area contributed by atoms with E-state index < -0.39 is 0 Å². The average molecular weight is 299 g/mol. The molecule has 1 aromatic heterocycles. The molecule has 0 bridgehead atoms. The lowest BCUT2D eigenvalue weighted by Crippen LogP contribution is -1.95. The first kappa shape index (κ1) is 11.8. The van der Waals surface area contributed by atoms with Gasteiger partial charge in [0.2, 0.25) is 5.88 Å². The zero-order valence-corrected chi connectivity index (χ0v) is 10.4. The van der Waals surface area contributed by atoms with Crippen LogP contribution in [0.2, 0.25) is 0 Å². The summed E-state index contributed by atoms with van der Waals surface area (Å²) in [5, 5.41) is 0. The first-order chi connectivity index (χ1) is 8.19. The number of nitrogens with zero attached hydrogens (tertiary/aromatic N) is 2. The topological polar surface area (TPSA) is 44.2 Å². The van der Waals surface area contributed by atoms with E-state index in [1.54, 1.807) is 12.1 Å². The van der Waals surface area contributed by atoms with Crippen molar-refractivity contribution in [1.29, 1.82) is 0 Å². The number of rotatable bonds is 3. The van der Waals surface area contributed by atoms with E-state index in [1.165, 1.54) is 25.4 Å². The van der Waals surface area contributed by atoms with Crippen LogP contribution in [0.15, 0.2) is 34.9 Å². The highest BCUT2D eigenvalue weighted by Crippen LogP contribution is 2.25. The summed E-state index contributed by atoms with van der Waals surface area (Å²) in [6.45, 7) is 0. The number of hydrogen-bond donors (Lipinski definition) is 0. The molecular weight excluding hydrogens is 291 g/mol. The lowest BCUT2D eigenvalue weighted by Gasteiger charge is -2.06. The summed E-state index contributed by atoms with van der Waals surface area (Å²) in [4.78, 5) is 7.92. The highest BCUT2D eigenvalue weighted by Gasteiger charge is 2.07. The van der Waals surface area contributed by atoms with Gasteiger partial charge in [-0.2, -0.15) is 4.98 Å². The largest absolute Gasteiger partial charge is 0.480 e. The lowest BCUT2D eigenvalue weighted by molar-refractivity contribution is 0.373. The van der Waals surface area contributed by atoms with Crippen molar-refractivity contribution in [2.45, 2.75) is 0 Å². The van der Waals surface area contributed by atoms with E-state index in [9.17, 15) is 4.39 Å². The summed E-state index contributed by atoms with van der Waals surface area (Å²) < 4.78 is 23.8. The first-order valence-corrected chi connectivity index (χ1v) is 5.48. The van der Waals surface area contributed by atoms with Gasteiger partial charge in [-0.15, -0.1) is 0 Å². The van der Waals surface area contributed by atoms with Gasteiger partial charge >= 0.3 is 6.01 Å². The summed E-state index contributed by atoms with van der Waals surface area (Å²) in [6, 6.07) is 5.82. The molecule has 4 nitrogen and oxygen atoms in total. The van der Waals surface area contributed by atoms with Crippen LogP contribution in [0.1, 0.15) is 0 Å². The van der Waals surface area contributed by atoms with E-state index in [2.05, 4.69) is 25.9 Å². The minimum absolute atomic E-state index is 0.0932. The van der Waals surface area contributed by atoms with Crippen LogP contribution in [0.4, 0.5) is 4.39 Å². The van der Waals surface area contributed by atoms with Crippen LogP contribution in [0, 0.1) is 5.82 Å². The predicted molar refractivity (Wildman–Crippen MR) is 62.8 cm³/mol. The maximum Gasteiger partial charge on any atom is 0.325 e. The smallest absolute Gasteiger partial charge is 0.325 e. The Kier molecular flexibility index (Phi) is 3.53. The number of hydrogen-bond acceptors (Lipinski definition) is 4. The molecule has 0 saturated heterocycles. The van der Waals surface area contributed by atoms with Crippen LogP contribution in [0.5, 0.6) is 17.6 Å². The normalized spacial score (nSPS) is 10.1. The summed E-state index contributed by atoms with van der Waals surface area (Å²) >= 11 is 3.22. The molecule has 0 aliphatic carbocycles. The molecule has 17 heavy (non-hydrogen) atoms. The Labute approximate surface area is 106 Å². The van der Waals surface area contributed by atoms with Gasteiger partial charge in [0.05, 0.1) is 17.8 Å². The van der Waals surface area contributed by atoms with Crippen molar-refractivity contribution in [3.8, 4) is 17.6 Å². The third-order valence-electron chi connectivity index (χ3n) is 1.89. The summed E-state index contributed by atoms with van der Waals surface area (Å²) in [5.41, 5.74) is 0. The molecular formula is C11H8BrFN2O2. The van der Waals surface area contributed by atoms with E-state index >= 15 is 0 Å².